The summed E-state index contributed by atoms with van der Waals surface area (Å²) < 4.78 is 0. The Morgan fingerprint density at radius 3 is 1.30 bits per heavy atom. The van der Waals surface area contributed by atoms with Gasteiger partial charge in [0, 0.05) is 6.42 Å². The van der Waals surface area contributed by atoms with E-state index in [4.69, 9.17) is 25.5 Å². The van der Waals surface area contributed by atoms with Gasteiger partial charge >= 0.3 is 53.4 Å². The Labute approximate surface area is 136 Å². The Bertz CT molecular complexity index is 337. The number of carboxylic acid groups (broad SMARTS) is 4. The zero-order valence-corrected chi connectivity index (χ0v) is 10.2. The van der Waals surface area contributed by atoms with Crippen molar-refractivity contribution in [3.63, 3.8) is 0 Å². The zero-order valence-electron chi connectivity index (χ0n) is 10.2. The van der Waals surface area contributed by atoms with Gasteiger partial charge < -0.3 is 25.5 Å². The SMILES string of the molecule is CCCC(=O)O.O=C(O)CC(O)(CC(=O)O)C(=O)O.[NaH]. The molecule has 0 aliphatic carbocycles. The van der Waals surface area contributed by atoms with Gasteiger partial charge in [0.15, 0.2) is 5.60 Å². The molecular formula is C10H17NaO9. The first-order chi connectivity index (χ1) is 8.55. The van der Waals surface area contributed by atoms with Crippen molar-refractivity contribution in [2.75, 3.05) is 0 Å². The molecule has 0 heterocycles. The number of hydrogen-bond acceptors (Lipinski definition) is 5. The first kappa shape index (κ1) is 23.9. The van der Waals surface area contributed by atoms with Gasteiger partial charge in [0.05, 0.1) is 12.8 Å². The summed E-state index contributed by atoms with van der Waals surface area (Å²) in [4.78, 5) is 40.1. The van der Waals surface area contributed by atoms with Crippen molar-refractivity contribution in [2.45, 2.75) is 38.2 Å². The number of rotatable bonds is 7. The normalized spacial score (nSPS) is 9.50. The van der Waals surface area contributed by atoms with Crippen LogP contribution in [-0.2, 0) is 19.2 Å². The Balaban J connectivity index is -0.000000352. The standard InChI is InChI=1S/C6H8O7.C4H8O2.Na.H/c7-3(8)1-6(13,5(11)12)2-4(9)10;1-2-3-4(5)6;;/h13H,1-2H2,(H,7,8)(H,9,10)(H,11,12);2-3H2,1H3,(H,5,6);;. The van der Waals surface area contributed by atoms with E-state index in [-0.39, 0.29) is 29.6 Å². The monoisotopic (exact) mass is 304 g/mol. The Morgan fingerprint density at radius 2 is 1.20 bits per heavy atom. The van der Waals surface area contributed by atoms with Crippen LogP contribution in [0.15, 0.2) is 0 Å². The molecule has 0 bridgehead atoms. The molecule has 0 saturated heterocycles. The zero-order chi connectivity index (χ0) is 15.6. The molecule has 0 saturated carbocycles. The van der Waals surface area contributed by atoms with Crippen molar-refractivity contribution in [2.24, 2.45) is 0 Å². The van der Waals surface area contributed by atoms with E-state index in [0.29, 0.717) is 6.42 Å². The van der Waals surface area contributed by atoms with Gasteiger partial charge in [-0.2, -0.15) is 0 Å². The summed E-state index contributed by atoms with van der Waals surface area (Å²) in [5.41, 5.74) is -2.74. The summed E-state index contributed by atoms with van der Waals surface area (Å²) in [5, 5.41) is 41.7. The molecule has 10 heteroatoms. The maximum absolute atomic E-state index is 10.3. The molecule has 0 aliphatic rings. The van der Waals surface area contributed by atoms with Gasteiger partial charge in [-0.25, -0.2) is 4.79 Å². The van der Waals surface area contributed by atoms with Crippen LogP contribution in [0.4, 0.5) is 0 Å². The van der Waals surface area contributed by atoms with E-state index in [1.807, 2.05) is 6.92 Å². The van der Waals surface area contributed by atoms with Gasteiger partial charge in [-0.3, -0.25) is 14.4 Å². The summed E-state index contributed by atoms with van der Waals surface area (Å²) in [6.45, 7) is 1.84. The molecule has 0 unspecified atom stereocenters. The van der Waals surface area contributed by atoms with Crippen LogP contribution in [0.5, 0.6) is 0 Å². The maximum atomic E-state index is 10.3. The summed E-state index contributed by atoms with van der Waals surface area (Å²) in [6.07, 6.45) is -1.27. The molecule has 112 valence electrons. The van der Waals surface area contributed by atoms with Crippen LogP contribution in [0.3, 0.4) is 0 Å². The number of carbonyl (C=O) groups is 4. The van der Waals surface area contributed by atoms with E-state index in [9.17, 15) is 19.2 Å². The predicted octanol–water partition coefficient (Wildman–Crippen LogP) is -1.03. The van der Waals surface area contributed by atoms with Gasteiger partial charge in [0.1, 0.15) is 0 Å². The number of aliphatic hydroxyl groups is 1. The van der Waals surface area contributed by atoms with Crippen LogP contribution in [0.1, 0.15) is 32.6 Å². The summed E-state index contributed by atoms with van der Waals surface area (Å²) in [7, 11) is 0. The van der Waals surface area contributed by atoms with Gasteiger partial charge in [0.25, 0.3) is 0 Å². The summed E-state index contributed by atoms with van der Waals surface area (Å²) >= 11 is 0. The molecule has 20 heavy (non-hydrogen) atoms. The van der Waals surface area contributed by atoms with E-state index in [0.717, 1.165) is 6.42 Å². The third kappa shape index (κ3) is 13.3. The molecule has 0 spiro atoms. The molecule has 5 N–H and O–H groups in total. The third-order valence-electron chi connectivity index (χ3n) is 1.75. The van der Waals surface area contributed by atoms with E-state index < -0.39 is 42.3 Å². The van der Waals surface area contributed by atoms with Crippen LogP contribution in [0.25, 0.3) is 0 Å². The minimum absolute atomic E-state index is 0. The topological polar surface area (TPSA) is 169 Å². The molecule has 0 aromatic heterocycles. The van der Waals surface area contributed by atoms with Crippen LogP contribution < -0.4 is 0 Å². The van der Waals surface area contributed by atoms with Gasteiger partial charge in [0.2, 0.25) is 0 Å². The van der Waals surface area contributed by atoms with Crippen molar-refractivity contribution < 1.29 is 44.7 Å². The van der Waals surface area contributed by atoms with Crippen molar-refractivity contribution in [3.05, 3.63) is 0 Å². The van der Waals surface area contributed by atoms with E-state index in [1.54, 1.807) is 0 Å². The van der Waals surface area contributed by atoms with Crippen LogP contribution in [-0.4, -0.2) is 84.6 Å². The van der Waals surface area contributed by atoms with Crippen molar-refractivity contribution in [1.29, 1.82) is 0 Å². The second-order valence-electron chi connectivity index (χ2n) is 3.62. The van der Waals surface area contributed by atoms with Crippen molar-refractivity contribution >= 4 is 53.4 Å². The molecule has 0 amide bonds. The van der Waals surface area contributed by atoms with Crippen LogP contribution >= 0.6 is 0 Å². The first-order valence-electron chi connectivity index (χ1n) is 5.16. The second-order valence-corrected chi connectivity index (χ2v) is 3.62. The van der Waals surface area contributed by atoms with Crippen LogP contribution in [0, 0.1) is 0 Å². The van der Waals surface area contributed by atoms with E-state index in [1.165, 1.54) is 0 Å². The minimum atomic E-state index is -2.74. The third-order valence-corrected chi connectivity index (χ3v) is 1.75. The fraction of sp³-hybridized carbons (Fsp3) is 0.600. The molecule has 0 atom stereocenters. The number of carboxylic acids is 4. The van der Waals surface area contributed by atoms with E-state index >= 15 is 0 Å². The van der Waals surface area contributed by atoms with Gasteiger partial charge in [-0.1, -0.05) is 6.92 Å². The summed E-state index contributed by atoms with van der Waals surface area (Å²) in [5.74, 6) is -5.73. The van der Waals surface area contributed by atoms with Gasteiger partial charge in [-0.05, 0) is 6.42 Å². The molecule has 0 rings (SSSR count). The van der Waals surface area contributed by atoms with Crippen molar-refractivity contribution in [3.8, 4) is 0 Å². The van der Waals surface area contributed by atoms with Crippen molar-refractivity contribution in [1.82, 2.24) is 0 Å². The molecule has 0 radical (unpaired) electrons. The predicted molar refractivity (Wildman–Crippen MR) is 66.8 cm³/mol. The molecule has 0 aromatic rings. The summed E-state index contributed by atoms with van der Waals surface area (Å²) in [6, 6.07) is 0. The molecule has 9 nitrogen and oxygen atoms in total. The molecular weight excluding hydrogens is 287 g/mol. The Hall–Kier alpha value is -1.16. The Morgan fingerprint density at radius 1 is 0.850 bits per heavy atom. The first-order valence-corrected chi connectivity index (χ1v) is 5.16. The molecule has 0 aliphatic heterocycles. The Kier molecular flexibility index (Phi) is 13.9. The fourth-order valence-corrected chi connectivity index (χ4v) is 0.928. The second kappa shape index (κ2) is 11.6. The quantitative estimate of drug-likeness (QED) is 0.369. The van der Waals surface area contributed by atoms with Gasteiger partial charge in [-0.15, -0.1) is 0 Å². The molecule has 0 aromatic carbocycles. The van der Waals surface area contributed by atoms with Crippen LogP contribution in [0.2, 0.25) is 0 Å². The number of hydrogen-bond donors (Lipinski definition) is 5. The van der Waals surface area contributed by atoms with E-state index in [2.05, 4.69) is 0 Å². The average Bonchev–Trinajstić information content (AvgIpc) is 2.14. The molecule has 0 fully saturated rings. The average molecular weight is 304 g/mol. The number of aliphatic carboxylic acids is 4. The fourth-order valence-electron chi connectivity index (χ4n) is 0.928.